The molecule has 3 rings (SSSR count). The Hall–Kier alpha value is -2.45. The van der Waals surface area contributed by atoms with E-state index in [4.69, 9.17) is 12.2 Å². The second kappa shape index (κ2) is 4.58. The van der Waals surface area contributed by atoms with Gasteiger partial charge in [-0.3, -0.25) is 4.57 Å². The number of nitrogens with zero attached hydrogens (tertiary/aromatic N) is 2. The van der Waals surface area contributed by atoms with Crippen molar-refractivity contribution in [3.63, 3.8) is 0 Å². The van der Waals surface area contributed by atoms with Gasteiger partial charge in [-0.2, -0.15) is 5.26 Å². The summed E-state index contributed by atoms with van der Waals surface area (Å²) >= 11 is 5.34. The fraction of sp³-hybridized carbons (Fsp3) is 0.0667. The normalized spacial score (nSPS) is 10.7. The van der Waals surface area contributed by atoms with Gasteiger partial charge in [0.25, 0.3) is 0 Å². The maximum Gasteiger partial charge on any atom is 0.182 e. The van der Waals surface area contributed by atoms with Crippen molar-refractivity contribution in [1.82, 2.24) is 9.55 Å². The number of aryl methyl sites for hydroxylation is 1. The molecule has 0 aliphatic carbocycles. The van der Waals surface area contributed by atoms with Crippen LogP contribution in [-0.4, -0.2) is 9.55 Å². The van der Waals surface area contributed by atoms with E-state index in [0.717, 1.165) is 16.6 Å². The van der Waals surface area contributed by atoms with E-state index in [1.807, 2.05) is 31.2 Å². The fourth-order valence-corrected chi connectivity index (χ4v) is 2.65. The van der Waals surface area contributed by atoms with Crippen molar-refractivity contribution in [3.05, 3.63) is 58.1 Å². The molecule has 0 spiro atoms. The van der Waals surface area contributed by atoms with Gasteiger partial charge in [-0.05, 0) is 49.0 Å². The van der Waals surface area contributed by atoms with E-state index in [2.05, 4.69) is 4.98 Å². The van der Waals surface area contributed by atoms with Gasteiger partial charge < -0.3 is 4.98 Å². The Morgan fingerprint density at radius 3 is 2.85 bits per heavy atom. The third-order valence-electron chi connectivity index (χ3n) is 3.23. The zero-order chi connectivity index (χ0) is 14.3. The minimum Gasteiger partial charge on any atom is -0.330 e. The Morgan fingerprint density at radius 2 is 2.10 bits per heavy atom. The average Bonchev–Trinajstić information content (AvgIpc) is 2.76. The number of imidazole rings is 1. The highest BCUT2D eigenvalue weighted by Crippen LogP contribution is 2.25. The minimum absolute atomic E-state index is 0.255. The third-order valence-corrected chi connectivity index (χ3v) is 3.51. The summed E-state index contributed by atoms with van der Waals surface area (Å²) in [6.45, 7) is 1.97. The number of aromatic nitrogens is 2. The van der Waals surface area contributed by atoms with Crippen LogP contribution in [0.4, 0.5) is 4.39 Å². The molecule has 5 heteroatoms. The molecule has 20 heavy (non-hydrogen) atoms. The zero-order valence-electron chi connectivity index (χ0n) is 10.6. The van der Waals surface area contributed by atoms with Crippen molar-refractivity contribution in [1.29, 1.82) is 5.26 Å². The maximum atomic E-state index is 13.3. The van der Waals surface area contributed by atoms with Crippen LogP contribution in [0.1, 0.15) is 11.1 Å². The second-order valence-electron chi connectivity index (χ2n) is 4.51. The molecule has 3 nitrogen and oxygen atoms in total. The molecule has 0 aliphatic heterocycles. The Balaban J connectivity index is 2.45. The summed E-state index contributed by atoms with van der Waals surface area (Å²) < 4.78 is 15.5. The Labute approximate surface area is 119 Å². The van der Waals surface area contributed by atoms with Crippen molar-refractivity contribution < 1.29 is 4.39 Å². The van der Waals surface area contributed by atoms with Gasteiger partial charge >= 0.3 is 0 Å². The maximum absolute atomic E-state index is 13.3. The van der Waals surface area contributed by atoms with Crippen molar-refractivity contribution in [2.45, 2.75) is 6.92 Å². The van der Waals surface area contributed by atoms with E-state index < -0.39 is 5.82 Å². The summed E-state index contributed by atoms with van der Waals surface area (Å²) in [5, 5.41) is 9.20. The summed E-state index contributed by atoms with van der Waals surface area (Å²) in [6, 6.07) is 12.0. The van der Waals surface area contributed by atoms with Gasteiger partial charge in [0.15, 0.2) is 4.77 Å². The minimum atomic E-state index is -0.437. The van der Waals surface area contributed by atoms with Crippen LogP contribution < -0.4 is 0 Å². The summed E-state index contributed by atoms with van der Waals surface area (Å²) in [5.41, 5.74) is 3.66. The molecule has 2 aromatic carbocycles. The topological polar surface area (TPSA) is 44.5 Å². The highest BCUT2D eigenvalue weighted by atomic mass is 32.1. The first kappa shape index (κ1) is 12.6. The average molecular weight is 283 g/mol. The molecule has 1 N–H and O–H groups in total. The van der Waals surface area contributed by atoms with Gasteiger partial charge in [-0.1, -0.05) is 12.1 Å². The van der Waals surface area contributed by atoms with E-state index in [1.54, 1.807) is 10.6 Å². The number of fused-ring (bicyclic) bond motifs is 1. The van der Waals surface area contributed by atoms with E-state index in [0.29, 0.717) is 10.5 Å². The Bertz CT molecular complexity index is 915. The van der Waals surface area contributed by atoms with Gasteiger partial charge in [0.1, 0.15) is 11.9 Å². The molecule has 98 valence electrons. The fourth-order valence-electron chi connectivity index (χ4n) is 2.35. The monoisotopic (exact) mass is 283 g/mol. The standard InChI is InChI=1S/C15H10FN3S/c1-9-3-2-4-12-14(9)19(15(20)18-12)13-6-5-11(16)7-10(13)8-17/h2-7H,1H3,(H,18,20). The van der Waals surface area contributed by atoms with Crippen LogP contribution >= 0.6 is 12.2 Å². The first-order valence-corrected chi connectivity index (χ1v) is 6.43. The largest absolute Gasteiger partial charge is 0.330 e. The van der Waals surface area contributed by atoms with Gasteiger partial charge in [0, 0.05) is 0 Å². The summed E-state index contributed by atoms with van der Waals surface area (Å²) in [4.78, 5) is 3.11. The van der Waals surface area contributed by atoms with Crippen LogP contribution in [0.5, 0.6) is 0 Å². The van der Waals surface area contributed by atoms with Crippen LogP contribution in [0.25, 0.3) is 16.7 Å². The summed E-state index contributed by atoms with van der Waals surface area (Å²) in [6.07, 6.45) is 0. The van der Waals surface area contributed by atoms with E-state index >= 15 is 0 Å². The number of halogens is 1. The molecule has 1 heterocycles. The number of hydrogen-bond acceptors (Lipinski definition) is 2. The first-order valence-electron chi connectivity index (χ1n) is 6.02. The zero-order valence-corrected chi connectivity index (χ0v) is 11.5. The highest BCUT2D eigenvalue weighted by molar-refractivity contribution is 7.71. The van der Waals surface area contributed by atoms with Crippen LogP contribution in [0.3, 0.4) is 0 Å². The van der Waals surface area contributed by atoms with Gasteiger partial charge in [-0.25, -0.2) is 4.39 Å². The molecule has 0 saturated carbocycles. The lowest BCUT2D eigenvalue weighted by molar-refractivity contribution is 0.627. The van der Waals surface area contributed by atoms with E-state index in [1.165, 1.54) is 12.1 Å². The lowest BCUT2D eigenvalue weighted by Gasteiger charge is -2.08. The van der Waals surface area contributed by atoms with Crippen LogP contribution in [0, 0.1) is 28.8 Å². The Morgan fingerprint density at radius 1 is 1.30 bits per heavy atom. The Kier molecular flexibility index (Phi) is 2.88. The number of aromatic amines is 1. The van der Waals surface area contributed by atoms with E-state index in [9.17, 15) is 9.65 Å². The summed E-state index contributed by atoms with van der Waals surface area (Å²) in [5.74, 6) is -0.437. The number of benzene rings is 2. The number of nitriles is 1. The number of nitrogens with one attached hydrogen (secondary N) is 1. The molecular weight excluding hydrogens is 273 g/mol. The van der Waals surface area contributed by atoms with Gasteiger partial charge in [0.2, 0.25) is 0 Å². The SMILES string of the molecule is Cc1cccc2[nH]c(=S)n(-c3ccc(F)cc3C#N)c12. The van der Waals surface area contributed by atoms with Crippen molar-refractivity contribution in [2.75, 3.05) is 0 Å². The van der Waals surface area contributed by atoms with Gasteiger partial charge in [-0.15, -0.1) is 0 Å². The summed E-state index contributed by atoms with van der Waals surface area (Å²) in [7, 11) is 0. The molecule has 0 aliphatic rings. The van der Waals surface area contributed by atoms with Crippen molar-refractivity contribution in [2.24, 2.45) is 0 Å². The predicted octanol–water partition coefficient (Wildman–Crippen LogP) is 4.01. The molecule has 0 amide bonds. The molecule has 0 saturated heterocycles. The number of para-hydroxylation sites is 1. The third kappa shape index (κ3) is 1.82. The lowest BCUT2D eigenvalue weighted by atomic mass is 10.1. The first-order chi connectivity index (χ1) is 9.61. The van der Waals surface area contributed by atoms with Crippen molar-refractivity contribution in [3.8, 4) is 11.8 Å². The van der Waals surface area contributed by atoms with Crippen LogP contribution in [-0.2, 0) is 0 Å². The molecule has 1 aromatic heterocycles. The molecule has 0 fully saturated rings. The molecule has 0 atom stereocenters. The number of hydrogen-bond donors (Lipinski definition) is 1. The number of H-pyrrole nitrogens is 1. The van der Waals surface area contributed by atoms with Crippen LogP contribution in [0.15, 0.2) is 36.4 Å². The smallest absolute Gasteiger partial charge is 0.182 e. The molecule has 0 bridgehead atoms. The molecule has 0 unspecified atom stereocenters. The van der Waals surface area contributed by atoms with E-state index in [-0.39, 0.29) is 5.56 Å². The lowest BCUT2D eigenvalue weighted by Crippen LogP contribution is -1.99. The number of rotatable bonds is 1. The quantitative estimate of drug-likeness (QED) is 0.686. The highest BCUT2D eigenvalue weighted by Gasteiger charge is 2.12. The molecule has 0 radical (unpaired) electrons. The van der Waals surface area contributed by atoms with Crippen molar-refractivity contribution >= 4 is 23.3 Å². The van der Waals surface area contributed by atoms with Gasteiger partial charge in [0.05, 0.1) is 22.3 Å². The predicted molar refractivity (Wildman–Crippen MR) is 77.9 cm³/mol. The molecular formula is C15H10FN3S. The second-order valence-corrected chi connectivity index (χ2v) is 4.90. The molecule has 3 aromatic rings. The van der Waals surface area contributed by atoms with Crippen LogP contribution in [0.2, 0.25) is 0 Å².